The molecule has 0 aromatic heterocycles. The topological polar surface area (TPSA) is 54.5 Å². The summed E-state index contributed by atoms with van der Waals surface area (Å²) in [6.45, 7) is 4.26. The molecule has 4 rings (SSSR count). The fourth-order valence-electron chi connectivity index (χ4n) is 4.02. The van der Waals surface area contributed by atoms with E-state index in [1.165, 1.54) is 15.4 Å². The van der Waals surface area contributed by atoms with E-state index in [0.717, 1.165) is 24.0 Å². The Kier molecular flexibility index (Phi) is 7.25. The predicted molar refractivity (Wildman–Crippen MR) is 138 cm³/mol. The first-order valence-electron chi connectivity index (χ1n) is 11.6. The van der Waals surface area contributed by atoms with E-state index in [9.17, 15) is 13.2 Å². The third-order valence-corrected chi connectivity index (χ3v) is 7.92. The molecule has 1 aliphatic rings. The van der Waals surface area contributed by atoms with E-state index < -0.39 is 10.0 Å². The summed E-state index contributed by atoms with van der Waals surface area (Å²) in [4.78, 5) is 13.7. The molecule has 0 radical (unpaired) electrons. The van der Waals surface area contributed by atoms with Crippen LogP contribution in [0.2, 0.25) is 0 Å². The lowest BCUT2D eigenvalue weighted by Gasteiger charge is -2.29. The van der Waals surface area contributed by atoms with Gasteiger partial charge in [-0.15, -0.1) is 0 Å². The standard InChI is InChI=1S/C29H29NO3S/c1-3-22-10-14-24(15-11-22)18-26-20-30(34(32,33)28-8-6-5-7-9-28)21-27(29(26)31)19-25-16-12-23(4-2)13-17-25/h5-19H,3-4,20-21H2,1-2H3/b26-18-,27-19+. The molecule has 1 saturated heterocycles. The largest absolute Gasteiger partial charge is 0.289 e. The van der Waals surface area contributed by atoms with Gasteiger partial charge in [0.15, 0.2) is 5.78 Å². The van der Waals surface area contributed by atoms with E-state index in [1.807, 2.05) is 60.7 Å². The molecular weight excluding hydrogens is 442 g/mol. The molecule has 0 aliphatic carbocycles. The van der Waals surface area contributed by atoms with Crippen LogP contribution < -0.4 is 0 Å². The summed E-state index contributed by atoms with van der Waals surface area (Å²) in [6, 6.07) is 24.4. The van der Waals surface area contributed by atoms with E-state index in [4.69, 9.17) is 0 Å². The maximum Gasteiger partial charge on any atom is 0.243 e. The Morgan fingerprint density at radius 3 is 1.56 bits per heavy atom. The van der Waals surface area contributed by atoms with Gasteiger partial charge in [-0.2, -0.15) is 4.31 Å². The SMILES string of the molecule is CCc1ccc(/C=C2/CN(S(=O)(=O)c3ccccc3)C/C(=C\c3ccc(CC)cc3)C2=O)cc1. The molecule has 0 N–H and O–H groups in total. The van der Waals surface area contributed by atoms with Gasteiger partial charge in [-0.25, -0.2) is 8.42 Å². The third kappa shape index (κ3) is 5.27. The number of aryl methyl sites for hydroxylation is 2. The zero-order chi connectivity index (χ0) is 24.1. The average molecular weight is 472 g/mol. The molecule has 1 aliphatic heterocycles. The summed E-state index contributed by atoms with van der Waals surface area (Å²) in [6.07, 6.45) is 5.48. The summed E-state index contributed by atoms with van der Waals surface area (Å²) >= 11 is 0. The number of Topliss-reactive ketones (excluding diaryl/α,β-unsaturated/α-hetero) is 1. The molecule has 1 fully saturated rings. The lowest BCUT2D eigenvalue weighted by atomic mass is 9.95. The molecule has 0 amide bonds. The number of hydrogen-bond acceptors (Lipinski definition) is 3. The van der Waals surface area contributed by atoms with Crippen LogP contribution in [0.5, 0.6) is 0 Å². The Balaban J connectivity index is 1.75. The molecule has 0 atom stereocenters. The molecular formula is C29H29NO3S. The Labute approximate surface area is 202 Å². The van der Waals surface area contributed by atoms with Crippen LogP contribution in [0.25, 0.3) is 12.2 Å². The van der Waals surface area contributed by atoms with Crippen LogP contribution in [-0.4, -0.2) is 31.6 Å². The van der Waals surface area contributed by atoms with Crippen molar-refractivity contribution in [3.63, 3.8) is 0 Å². The number of sulfonamides is 1. The average Bonchev–Trinajstić information content (AvgIpc) is 2.87. The Morgan fingerprint density at radius 1 is 0.706 bits per heavy atom. The summed E-state index contributed by atoms with van der Waals surface area (Å²) in [5.41, 5.74) is 5.11. The van der Waals surface area contributed by atoms with Gasteiger partial charge < -0.3 is 0 Å². The number of benzene rings is 3. The molecule has 0 bridgehead atoms. The lowest BCUT2D eigenvalue weighted by molar-refractivity contribution is -0.113. The van der Waals surface area contributed by atoms with Crippen molar-refractivity contribution in [3.05, 3.63) is 112 Å². The fourth-order valence-corrected chi connectivity index (χ4v) is 5.44. The molecule has 0 saturated carbocycles. The quantitative estimate of drug-likeness (QED) is 0.443. The lowest BCUT2D eigenvalue weighted by Crippen LogP contribution is -2.41. The van der Waals surface area contributed by atoms with Gasteiger partial charge in [-0.1, -0.05) is 80.6 Å². The fraction of sp³-hybridized carbons (Fsp3) is 0.207. The number of hydrogen-bond donors (Lipinski definition) is 0. The molecule has 3 aromatic carbocycles. The number of carbonyl (C=O) groups is 1. The second kappa shape index (κ2) is 10.3. The van der Waals surface area contributed by atoms with E-state index in [1.54, 1.807) is 30.3 Å². The normalized spacial score (nSPS) is 17.4. The van der Waals surface area contributed by atoms with Gasteiger partial charge in [0.05, 0.1) is 4.90 Å². The highest BCUT2D eigenvalue weighted by Crippen LogP contribution is 2.27. The van der Waals surface area contributed by atoms with Gasteiger partial charge in [-0.3, -0.25) is 4.79 Å². The summed E-state index contributed by atoms with van der Waals surface area (Å²) in [5, 5.41) is 0. The van der Waals surface area contributed by atoms with Gasteiger partial charge >= 0.3 is 0 Å². The zero-order valence-corrected chi connectivity index (χ0v) is 20.4. The molecule has 1 heterocycles. The summed E-state index contributed by atoms with van der Waals surface area (Å²) in [5.74, 6) is -0.112. The minimum absolute atomic E-state index is 0.0394. The van der Waals surface area contributed by atoms with Gasteiger partial charge in [0.25, 0.3) is 0 Å². The monoisotopic (exact) mass is 471 g/mol. The van der Waals surface area contributed by atoms with Crippen LogP contribution in [0.4, 0.5) is 0 Å². The van der Waals surface area contributed by atoms with Gasteiger partial charge in [0, 0.05) is 24.2 Å². The second-order valence-electron chi connectivity index (χ2n) is 8.44. The molecule has 0 spiro atoms. The van der Waals surface area contributed by atoms with Crippen molar-refractivity contribution in [3.8, 4) is 0 Å². The van der Waals surface area contributed by atoms with Crippen molar-refractivity contribution in [1.82, 2.24) is 4.31 Å². The van der Waals surface area contributed by atoms with Gasteiger partial charge in [0.2, 0.25) is 10.0 Å². The van der Waals surface area contributed by atoms with Crippen molar-refractivity contribution >= 4 is 28.0 Å². The maximum atomic E-state index is 13.4. The number of carbonyl (C=O) groups excluding carboxylic acids is 1. The Hall–Kier alpha value is -3.28. The van der Waals surface area contributed by atoms with Crippen molar-refractivity contribution < 1.29 is 13.2 Å². The van der Waals surface area contributed by atoms with Crippen LogP contribution in [0.1, 0.15) is 36.1 Å². The first-order valence-corrected chi connectivity index (χ1v) is 13.0. The minimum Gasteiger partial charge on any atom is -0.289 e. The third-order valence-electron chi connectivity index (χ3n) is 6.12. The van der Waals surface area contributed by atoms with Crippen molar-refractivity contribution in [2.75, 3.05) is 13.1 Å². The van der Waals surface area contributed by atoms with E-state index >= 15 is 0 Å². The highest BCUT2D eigenvalue weighted by atomic mass is 32.2. The number of ketones is 1. The molecule has 0 unspecified atom stereocenters. The van der Waals surface area contributed by atoms with Gasteiger partial charge in [-0.05, 0) is 59.4 Å². The van der Waals surface area contributed by atoms with Crippen LogP contribution in [0.3, 0.4) is 0 Å². The zero-order valence-electron chi connectivity index (χ0n) is 19.6. The first kappa shape index (κ1) is 23.9. The second-order valence-corrected chi connectivity index (χ2v) is 10.4. The summed E-state index contributed by atoms with van der Waals surface area (Å²) in [7, 11) is -3.76. The minimum atomic E-state index is -3.76. The van der Waals surface area contributed by atoms with Crippen molar-refractivity contribution in [2.24, 2.45) is 0 Å². The number of nitrogens with zero attached hydrogens (tertiary/aromatic N) is 1. The molecule has 4 nitrogen and oxygen atoms in total. The van der Waals surface area contributed by atoms with E-state index in [-0.39, 0.29) is 23.8 Å². The van der Waals surface area contributed by atoms with Crippen LogP contribution in [-0.2, 0) is 27.7 Å². The van der Waals surface area contributed by atoms with E-state index in [2.05, 4.69) is 13.8 Å². The highest BCUT2D eigenvalue weighted by Gasteiger charge is 2.34. The highest BCUT2D eigenvalue weighted by molar-refractivity contribution is 7.89. The molecule has 5 heteroatoms. The predicted octanol–water partition coefficient (Wildman–Crippen LogP) is 5.55. The van der Waals surface area contributed by atoms with Crippen LogP contribution in [0, 0.1) is 0 Å². The Bertz CT molecular complexity index is 1250. The van der Waals surface area contributed by atoms with Crippen LogP contribution in [0.15, 0.2) is 94.9 Å². The molecule has 3 aromatic rings. The molecule has 34 heavy (non-hydrogen) atoms. The number of piperidine rings is 1. The maximum absolute atomic E-state index is 13.4. The smallest absolute Gasteiger partial charge is 0.243 e. The molecule has 174 valence electrons. The number of rotatable bonds is 6. The van der Waals surface area contributed by atoms with E-state index in [0.29, 0.717) is 11.1 Å². The van der Waals surface area contributed by atoms with Crippen LogP contribution >= 0.6 is 0 Å². The van der Waals surface area contributed by atoms with Crippen molar-refractivity contribution in [1.29, 1.82) is 0 Å². The Morgan fingerprint density at radius 2 is 1.15 bits per heavy atom. The summed E-state index contributed by atoms with van der Waals surface area (Å²) < 4.78 is 28.2. The van der Waals surface area contributed by atoms with Crippen molar-refractivity contribution in [2.45, 2.75) is 31.6 Å². The van der Waals surface area contributed by atoms with Gasteiger partial charge in [0.1, 0.15) is 0 Å². The first-order chi connectivity index (χ1) is 16.4.